The van der Waals surface area contributed by atoms with Crippen LogP contribution in [0.15, 0.2) is 24.3 Å². The van der Waals surface area contributed by atoms with E-state index in [0.717, 1.165) is 11.3 Å². The number of ether oxygens (including phenoxy) is 1. The van der Waals surface area contributed by atoms with Crippen molar-refractivity contribution < 1.29 is 4.74 Å². The summed E-state index contributed by atoms with van der Waals surface area (Å²) < 4.78 is 6.33. The van der Waals surface area contributed by atoms with Gasteiger partial charge in [-0.3, -0.25) is 4.90 Å². The van der Waals surface area contributed by atoms with E-state index in [0.29, 0.717) is 18.7 Å². The van der Waals surface area contributed by atoms with Crippen molar-refractivity contribution >= 4 is 0 Å². The molecule has 20 heavy (non-hydrogen) atoms. The molecule has 2 aliphatic rings. The van der Waals surface area contributed by atoms with E-state index in [1.165, 1.54) is 51.6 Å². The van der Waals surface area contributed by atoms with Gasteiger partial charge in [-0.15, -0.1) is 0 Å². The van der Waals surface area contributed by atoms with E-state index >= 15 is 0 Å². The Bertz CT molecular complexity index is 429. The first-order chi connectivity index (χ1) is 9.86. The molecule has 2 N–H and O–H groups in total. The summed E-state index contributed by atoms with van der Waals surface area (Å²) in [5.74, 6) is 0.990. The van der Waals surface area contributed by atoms with Gasteiger partial charge in [0.05, 0.1) is 0 Å². The van der Waals surface area contributed by atoms with Gasteiger partial charge in [0.15, 0.2) is 0 Å². The fourth-order valence-corrected chi connectivity index (χ4v) is 3.63. The first-order valence-corrected chi connectivity index (χ1v) is 8.06. The van der Waals surface area contributed by atoms with Crippen LogP contribution < -0.4 is 10.5 Å². The molecule has 1 aliphatic heterocycles. The maximum atomic E-state index is 6.33. The molecule has 1 saturated carbocycles. The molecule has 0 spiro atoms. The van der Waals surface area contributed by atoms with Crippen LogP contribution in [0.25, 0.3) is 0 Å². The highest BCUT2D eigenvalue weighted by atomic mass is 16.5. The van der Waals surface area contributed by atoms with Gasteiger partial charge in [-0.1, -0.05) is 18.6 Å². The average Bonchev–Trinajstić information content (AvgIpc) is 3.02. The molecule has 0 bridgehead atoms. The zero-order chi connectivity index (χ0) is 13.8. The van der Waals surface area contributed by atoms with E-state index < -0.39 is 0 Å². The fraction of sp³-hybridized carbons (Fsp3) is 0.647. The fourth-order valence-electron chi connectivity index (χ4n) is 3.63. The molecule has 0 aromatic heterocycles. The minimum atomic E-state index is 0.356. The van der Waals surface area contributed by atoms with Crippen LogP contribution in [0.5, 0.6) is 5.75 Å². The van der Waals surface area contributed by atoms with E-state index in [2.05, 4.69) is 23.1 Å². The summed E-state index contributed by atoms with van der Waals surface area (Å²) in [6.45, 7) is 3.10. The summed E-state index contributed by atoms with van der Waals surface area (Å²) in [4.78, 5) is 2.65. The molecule has 1 aliphatic carbocycles. The van der Waals surface area contributed by atoms with Crippen molar-refractivity contribution in [3.63, 3.8) is 0 Å². The summed E-state index contributed by atoms with van der Waals surface area (Å²) in [6.07, 6.45) is 8.19. The smallest absolute Gasteiger partial charge is 0.120 e. The number of rotatable bonds is 4. The van der Waals surface area contributed by atoms with Crippen LogP contribution in [0.2, 0.25) is 0 Å². The summed E-state index contributed by atoms with van der Waals surface area (Å²) in [5.41, 5.74) is 6.86. The lowest BCUT2D eigenvalue weighted by Crippen LogP contribution is -2.46. The highest BCUT2D eigenvalue weighted by molar-refractivity contribution is 5.28. The number of hydrogen-bond acceptors (Lipinski definition) is 3. The van der Waals surface area contributed by atoms with Crippen LogP contribution in [-0.4, -0.2) is 30.1 Å². The van der Waals surface area contributed by atoms with Crippen molar-refractivity contribution in [3.8, 4) is 5.75 Å². The van der Waals surface area contributed by atoms with Crippen molar-refractivity contribution in [1.82, 2.24) is 4.90 Å². The Morgan fingerprint density at radius 3 is 2.70 bits per heavy atom. The molecule has 2 atom stereocenters. The van der Waals surface area contributed by atoms with E-state index in [9.17, 15) is 0 Å². The molecule has 1 aromatic carbocycles. The number of benzene rings is 1. The molecule has 3 rings (SSSR count). The van der Waals surface area contributed by atoms with Gasteiger partial charge in [-0.2, -0.15) is 0 Å². The molecule has 1 heterocycles. The topological polar surface area (TPSA) is 38.5 Å². The molecule has 3 nitrogen and oxygen atoms in total. The third-order valence-corrected chi connectivity index (χ3v) is 4.70. The summed E-state index contributed by atoms with van der Waals surface area (Å²) in [5, 5.41) is 0. The quantitative estimate of drug-likeness (QED) is 0.917. The zero-order valence-corrected chi connectivity index (χ0v) is 12.3. The lowest BCUT2D eigenvalue weighted by molar-refractivity contribution is 0.0485. The van der Waals surface area contributed by atoms with Crippen LogP contribution >= 0.6 is 0 Å². The SMILES string of the molecule is NCc1cccc(OC2CCCCC2N2CCCC2)c1. The Kier molecular flexibility index (Phi) is 4.58. The monoisotopic (exact) mass is 274 g/mol. The lowest BCUT2D eigenvalue weighted by atomic mass is 9.91. The van der Waals surface area contributed by atoms with Gasteiger partial charge in [0.1, 0.15) is 11.9 Å². The number of nitrogens with zero attached hydrogens (tertiary/aromatic N) is 1. The number of likely N-dealkylation sites (tertiary alicyclic amines) is 1. The second kappa shape index (κ2) is 6.59. The summed E-state index contributed by atoms with van der Waals surface area (Å²) >= 11 is 0. The standard InChI is InChI=1S/C17H26N2O/c18-13-14-6-5-7-15(12-14)20-17-9-2-1-8-16(17)19-10-3-4-11-19/h5-7,12,16-17H,1-4,8-11,13,18H2. The summed E-state index contributed by atoms with van der Waals surface area (Å²) in [7, 11) is 0. The van der Waals surface area contributed by atoms with Gasteiger partial charge in [-0.05, 0) is 62.9 Å². The normalized spacial score (nSPS) is 27.6. The Hall–Kier alpha value is -1.06. The van der Waals surface area contributed by atoms with Crippen molar-refractivity contribution in [2.75, 3.05) is 13.1 Å². The van der Waals surface area contributed by atoms with Crippen molar-refractivity contribution in [2.24, 2.45) is 5.73 Å². The van der Waals surface area contributed by atoms with Gasteiger partial charge in [0.2, 0.25) is 0 Å². The molecule has 110 valence electrons. The Balaban J connectivity index is 1.69. The molecule has 0 radical (unpaired) electrons. The third-order valence-electron chi connectivity index (χ3n) is 4.70. The maximum Gasteiger partial charge on any atom is 0.120 e. The average molecular weight is 274 g/mol. The van der Waals surface area contributed by atoms with E-state index in [-0.39, 0.29) is 0 Å². The molecule has 2 unspecified atom stereocenters. The minimum absolute atomic E-state index is 0.356. The summed E-state index contributed by atoms with van der Waals surface area (Å²) in [6, 6.07) is 8.88. The molecule has 1 aromatic rings. The first-order valence-electron chi connectivity index (χ1n) is 8.06. The molecular weight excluding hydrogens is 248 g/mol. The molecular formula is C17H26N2O. The molecule has 2 fully saturated rings. The third kappa shape index (κ3) is 3.15. The van der Waals surface area contributed by atoms with E-state index in [4.69, 9.17) is 10.5 Å². The van der Waals surface area contributed by atoms with Gasteiger partial charge >= 0.3 is 0 Å². The van der Waals surface area contributed by atoms with Crippen molar-refractivity contribution in [1.29, 1.82) is 0 Å². The number of hydrogen-bond donors (Lipinski definition) is 1. The van der Waals surface area contributed by atoms with Gasteiger partial charge < -0.3 is 10.5 Å². The largest absolute Gasteiger partial charge is 0.489 e. The highest BCUT2D eigenvalue weighted by Gasteiger charge is 2.32. The zero-order valence-electron chi connectivity index (χ0n) is 12.3. The molecule has 1 saturated heterocycles. The predicted octanol–water partition coefficient (Wildman–Crippen LogP) is 2.93. The van der Waals surface area contributed by atoms with Crippen LogP contribution in [0.4, 0.5) is 0 Å². The van der Waals surface area contributed by atoms with Crippen LogP contribution in [0.3, 0.4) is 0 Å². The predicted molar refractivity (Wildman–Crippen MR) is 81.8 cm³/mol. The van der Waals surface area contributed by atoms with Crippen molar-refractivity contribution in [2.45, 2.75) is 57.2 Å². The Morgan fingerprint density at radius 2 is 1.90 bits per heavy atom. The Morgan fingerprint density at radius 1 is 1.10 bits per heavy atom. The first kappa shape index (κ1) is 13.9. The minimum Gasteiger partial charge on any atom is -0.489 e. The second-order valence-corrected chi connectivity index (χ2v) is 6.10. The van der Waals surface area contributed by atoms with Crippen LogP contribution in [0.1, 0.15) is 44.1 Å². The van der Waals surface area contributed by atoms with Gasteiger partial charge in [-0.25, -0.2) is 0 Å². The maximum absolute atomic E-state index is 6.33. The highest BCUT2D eigenvalue weighted by Crippen LogP contribution is 2.29. The lowest BCUT2D eigenvalue weighted by Gasteiger charge is -2.37. The van der Waals surface area contributed by atoms with E-state index in [1.54, 1.807) is 0 Å². The van der Waals surface area contributed by atoms with Gasteiger partial charge in [0.25, 0.3) is 0 Å². The van der Waals surface area contributed by atoms with Crippen molar-refractivity contribution in [3.05, 3.63) is 29.8 Å². The van der Waals surface area contributed by atoms with Crippen LogP contribution in [0, 0.1) is 0 Å². The molecule has 0 amide bonds. The van der Waals surface area contributed by atoms with Gasteiger partial charge in [0, 0.05) is 12.6 Å². The number of nitrogens with two attached hydrogens (primary N) is 1. The van der Waals surface area contributed by atoms with Crippen LogP contribution in [-0.2, 0) is 6.54 Å². The molecule has 3 heteroatoms. The Labute approximate surface area is 122 Å². The van der Waals surface area contributed by atoms with E-state index in [1.807, 2.05) is 6.07 Å². The second-order valence-electron chi connectivity index (χ2n) is 6.10.